The SMILES string of the molecule is CCOC(=O)C(Br)Cc1cnn(C)c1. The van der Waals surface area contributed by atoms with Gasteiger partial charge in [-0.1, -0.05) is 15.9 Å². The molecule has 5 heteroatoms. The lowest BCUT2D eigenvalue weighted by molar-refractivity contribution is -0.142. The van der Waals surface area contributed by atoms with Crippen LogP contribution in [0.5, 0.6) is 0 Å². The van der Waals surface area contributed by atoms with Gasteiger partial charge in [-0.2, -0.15) is 5.10 Å². The number of ether oxygens (including phenoxy) is 1. The molecule has 1 heterocycles. The first-order valence-corrected chi connectivity index (χ1v) is 5.33. The van der Waals surface area contributed by atoms with Gasteiger partial charge in [-0.3, -0.25) is 9.48 Å². The summed E-state index contributed by atoms with van der Waals surface area (Å²) in [7, 11) is 1.84. The molecule has 14 heavy (non-hydrogen) atoms. The van der Waals surface area contributed by atoms with Crippen molar-refractivity contribution in [2.24, 2.45) is 7.05 Å². The molecule has 1 unspecified atom stereocenters. The molecule has 0 N–H and O–H groups in total. The van der Waals surface area contributed by atoms with Gasteiger partial charge in [-0.25, -0.2) is 0 Å². The molecule has 0 fully saturated rings. The summed E-state index contributed by atoms with van der Waals surface area (Å²) in [6.45, 7) is 2.20. The molecule has 0 aliphatic rings. The van der Waals surface area contributed by atoms with Gasteiger partial charge >= 0.3 is 5.97 Å². The van der Waals surface area contributed by atoms with E-state index in [1.54, 1.807) is 17.8 Å². The van der Waals surface area contributed by atoms with Crippen molar-refractivity contribution in [1.82, 2.24) is 9.78 Å². The molecule has 1 aromatic heterocycles. The normalized spacial score (nSPS) is 12.5. The van der Waals surface area contributed by atoms with Gasteiger partial charge in [0.25, 0.3) is 0 Å². The molecule has 0 radical (unpaired) electrons. The van der Waals surface area contributed by atoms with Crippen molar-refractivity contribution in [3.8, 4) is 0 Å². The minimum Gasteiger partial charge on any atom is -0.465 e. The van der Waals surface area contributed by atoms with E-state index in [0.29, 0.717) is 13.0 Å². The van der Waals surface area contributed by atoms with Crippen LogP contribution >= 0.6 is 15.9 Å². The summed E-state index contributed by atoms with van der Waals surface area (Å²) in [4.78, 5) is 11.0. The van der Waals surface area contributed by atoms with Gasteiger partial charge in [0.05, 0.1) is 12.8 Å². The standard InChI is InChI=1S/C9H13BrN2O2/c1-3-14-9(13)8(10)4-7-5-11-12(2)6-7/h5-6,8H,3-4H2,1-2H3. The van der Waals surface area contributed by atoms with Crippen molar-refractivity contribution < 1.29 is 9.53 Å². The second-order valence-electron chi connectivity index (χ2n) is 2.95. The fourth-order valence-electron chi connectivity index (χ4n) is 1.10. The van der Waals surface area contributed by atoms with Crippen molar-refractivity contribution in [2.75, 3.05) is 6.61 Å². The number of aromatic nitrogens is 2. The third-order valence-electron chi connectivity index (χ3n) is 1.72. The molecular weight excluding hydrogens is 248 g/mol. The van der Waals surface area contributed by atoms with E-state index in [-0.39, 0.29) is 10.8 Å². The van der Waals surface area contributed by atoms with Gasteiger partial charge in [0.1, 0.15) is 4.83 Å². The quantitative estimate of drug-likeness (QED) is 0.606. The maximum atomic E-state index is 11.3. The number of rotatable bonds is 4. The summed E-state index contributed by atoms with van der Waals surface area (Å²) in [6.07, 6.45) is 4.23. The van der Waals surface area contributed by atoms with E-state index >= 15 is 0 Å². The first-order chi connectivity index (χ1) is 6.63. The zero-order chi connectivity index (χ0) is 10.6. The van der Waals surface area contributed by atoms with Crippen molar-refractivity contribution in [3.63, 3.8) is 0 Å². The summed E-state index contributed by atoms with van der Waals surface area (Å²) in [5, 5.41) is 4.02. The molecule has 0 saturated carbocycles. The first kappa shape index (κ1) is 11.2. The second-order valence-corrected chi connectivity index (χ2v) is 4.05. The highest BCUT2D eigenvalue weighted by molar-refractivity contribution is 9.10. The van der Waals surface area contributed by atoms with Gasteiger partial charge in [-0.15, -0.1) is 0 Å². The summed E-state index contributed by atoms with van der Waals surface area (Å²) >= 11 is 3.28. The first-order valence-electron chi connectivity index (χ1n) is 4.41. The van der Waals surface area contributed by atoms with E-state index in [9.17, 15) is 4.79 Å². The zero-order valence-corrected chi connectivity index (χ0v) is 9.82. The Bertz CT molecular complexity index is 312. The number of hydrogen-bond acceptors (Lipinski definition) is 3. The van der Waals surface area contributed by atoms with E-state index in [4.69, 9.17) is 4.74 Å². The van der Waals surface area contributed by atoms with Crippen molar-refractivity contribution in [2.45, 2.75) is 18.2 Å². The van der Waals surface area contributed by atoms with Crippen LogP contribution in [0, 0.1) is 0 Å². The van der Waals surface area contributed by atoms with Gasteiger partial charge in [-0.05, 0) is 18.9 Å². The molecule has 0 aliphatic carbocycles. The average Bonchev–Trinajstić information content (AvgIpc) is 2.51. The lowest BCUT2D eigenvalue weighted by Crippen LogP contribution is -2.19. The Morgan fingerprint density at radius 2 is 2.50 bits per heavy atom. The predicted octanol–water partition coefficient (Wildman–Crippen LogP) is 1.29. The van der Waals surface area contributed by atoms with Crippen LogP contribution in [-0.2, 0) is 23.0 Å². The van der Waals surface area contributed by atoms with Crippen molar-refractivity contribution >= 4 is 21.9 Å². The highest BCUT2D eigenvalue weighted by Gasteiger charge is 2.16. The third kappa shape index (κ3) is 3.14. The average molecular weight is 261 g/mol. The molecule has 0 amide bonds. The molecule has 0 aliphatic heterocycles. The van der Waals surface area contributed by atoms with Crippen molar-refractivity contribution in [3.05, 3.63) is 18.0 Å². The van der Waals surface area contributed by atoms with E-state index in [1.807, 2.05) is 13.2 Å². The fraction of sp³-hybridized carbons (Fsp3) is 0.556. The van der Waals surface area contributed by atoms with Crippen LogP contribution in [0.15, 0.2) is 12.4 Å². The Morgan fingerprint density at radius 1 is 1.79 bits per heavy atom. The number of nitrogens with zero attached hydrogens (tertiary/aromatic N) is 2. The van der Waals surface area contributed by atoms with Crippen LogP contribution in [0.4, 0.5) is 0 Å². The molecule has 1 rings (SSSR count). The number of aryl methyl sites for hydroxylation is 1. The van der Waals surface area contributed by atoms with E-state index in [0.717, 1.165) is 5.56 Å². The monoisotopic (exact) mass is 260 g/mol. The zero-order valence-electron chi connectivity index (χ0n) is 8.24. The molecule has 0 spiro atoms. The minimum absolute atomic E-state index is 0.226. The number of carbonyl (C=O) groups is 1. The topological polar surface area (TPSA) is 44.1 Å². The van der Waals surface area contributed by atoms with E-state index in [2.05, 4.69) is 21.0 Å². The van der Waals surface area contributed by atoms with E-state index < -0.39 is 0 Å². The Hall–Kier alpha value is -0.840. The summed E-state index contributed by atoms with van der Waals surface area (Å²) in [5.41, 5.74) is 1.02. The van der Waals surface area contributed by atoms with Gasteiger partial charge < -0.3 is 4.74 Å². The van der Waals surface area contributed by atoms with Crippen LogP contribution in [-0.4, -0.2) is 27.2 Å². The Balaban J connectivity index is 2.48. The second kappa shape index (κ2) is 5.14. The van der Waals surface area contributed by atoms with E-state index in [1.165, 1.54) is 0 Å². The highest BCUT2D eigenvalue weighted by Crippen LogP contribution is 2.10. The van der Waals surface area contributed by atoms with Gasteiger partial charge in [0.2, 0.25) is 0 Å². The van der Waals surface area contributed by atoms with Crippen LogP contribution < -0.4 is 0 Å². The van der Waals surface area contributed by atoms with Gasteiger partial charge in [0, 0.05) is 13.2 Å². The molecule has 4 nitrogen and oxygen atoms in total. The van der Waals surface area contributed by atoms with Crippen LogP contribution in [0.1, 0.15) is 12.5 Å². The predicted molar refractivity (Wildman–Crippen MR) is 56.3 cm³/mol. The maximum Gasteiger partial charge on any atom is 0.320 e. The molecule has 0 aromatic carbocycles. The van der Waals surface area contributed by atoms with Gasteiger partial charge in [0.15, 0.2) is 0 Å². The number of carbonyl (C=O) groups excluding carboxylic acids is 1. The summed E-state index contributed by atoms with van der Waals surface area (Å²) < 4.78 is 6.58. The molecule has 0 saturated heterocycles. The van der Waals surface area contributed by atoms with Crippen LogP contribution in [0.3, 0.4) is 0 Å². The molecule has 0 bridgehead atoms. The largest absolute Gasteiger partial charge is 0.465 e. The summed E-state index contributed by atoms with van der Waals surface area (Å²) in [6, 6.07) is 0. The molecule has 78 valence electrons. The number of hydrogen-bond donors (Lipinski definition) is 0. The highest BCUT2D eigenvalue weighted by atomic mass is 79.9. The number of halogens is 1. The molecular formula is C9H13BrN2O2. The fourth-order valence-corrected chi connectivity index (χ4v) is 1.61. The maximum absolute atomic E-state index is 11.3. The Morgan fingerprint density at radius 3 is 3.00 bits per heavy atom. The molecule has 1 aromatic rings. The number of alkyl halides is 1. The number of esters is 1. The lowest BCUT2D eigenvalue weighted by atomic mass is 10.2. The third-order valence-corrected chi connectivity index (χ3v) is 2.41. The lowest BCUT2D eigenvalue weighted by Gasteiger charge is -2.06. The van der Waals surface area contributed by atoms with Crippen molar-refractivity contribution in [1.29, 1.82) is 0 Å². The minimum atomic E-state index is -0.286. The summed E-state index contributed by atoms with van der Waals surface area (Å²) in [5.74, 6) is -0.226. The molecule has 1 atom stereocenters. The Labute approximate surface area is 91.4 Å². The smallest absolute Gasteiger partial charge is 0.320 e. The van der Waals surface area contributed by atoms with Crippen LogP contribution in [0.25, 0.3) is 0 Å². The van der Waals surface area contributed by atoms with Crippen LogP contribution in [0.2, 0.25) is 0 Å². The Kier molecular flexibility index (Phi) is 4.13.